The zero-order valence-electron chi connectivity index (χ0n) is 21.3. The first-order chi connectivity index (χ1) is 19.0. The lowest BCUT2D eigenvalue weighted by Gasteiger charge is -2.21. The molecule has 15 heteroatoms. The number of primary amides is 1. The van der Waals surface area contributed by atoms with E-state index < -0.39 is 42.4 Å². The number of hydrogen-bond acceptors (Lipinski definition) is 10. The van der Waals surface area contributed by atoms with Crippen LogP contribution in [0.3, 0.4) is 0 Å². The number of carbonyl (C=O) groups excluding carboxylic acids is 4. The van der Waals surface area contributed by atoms with E-state index in [1.807, 2.05) is 0 Å². The molecule has 13 nitrogen and oxygen atoms in total. The molecule has 2 aromatic rings. The Balaban J connectivity index is 1.73. The van der Waals surface area contributed by atoms with Crippen LogP contribution in [0.25, 0.3) is 0 Å². The second-order valence-corrected chi connectivity index (χ2v) is 9.49. The Kier molecular flexibility index (Phi) is 10.5. The fraction of sp³-hybridized carbons (Fsp3) is 0.320. The van der Waals surface area contributed by atoms with Crippen LogP contribution in [-0.4, -0.2) is 72.2 Å². The summed E-state index contributed by atoms with van der Waals surface area (Å²) >= 11 is 12.0. The SMILES string of the molecule is CCOC(=O)C[C@@H](NC(=O)CNC(=O)c1cc(NC2=NCC(O)CN2)cc(C(N)=O)c1)c1cc(Cl)cc(Cl)c1O. The highest BCUT2D eigenvalue weighted by atomic mass is 35.5. The summed E-state index contributed by atoms with van der Waals surface area (Å²) in [4.78, 5) is 53.8. The molecule has 0 spiro atoms. The molecule has 0 bridgehead atoms. The Hall–Kier alpha value is -4.07. The number of rotatable bonds is 10. The lowest BCUT2D eigenvalue weighted by atomic mass is 10.0. The highest BCUT2D eigenvalue weighted by Gasteiger charge is 2.24. The third-order valence-corrected chi connectivity index (χ3v) is 6.07. The number of halogens is 2. The van der Waals surface area contributed by atoms with E-state index in [-0.39, 0.29) is 58.6 Å². The van der Waals surface area contributed by atoms with Gasteiger partial charge in [0.25, 0.3) is 5.91 Å². The standard InChI is InChI=1S/C25H28Cl2N6O7/c1-2-40-21(36)8-19(17-6-14(26)7-18(27)22(17)37)33-20(35)11-29-24(39)13-3-12(23(28)38)4-15(5-13)32-25-30-9-16(34)10-31-25/h3-7,16,19,34,37H,2,8-11H2,1H3,(H2,28,38)(H,29,39)(H,33,35)(H2,30,31,32)/t19-/m1/s1. The highest BCUT2D eigenvalue weighted by molar-refractivity contribution is 6.35. The number of aliphatic hydroxyl groups excluding tert-OH is 1. The van der Waals surface area contributed by atoms with Crippen molar-refractivity contribution in [3.8, 4) is 5.75 Å². The number of nitrogens with two attached hydrogens (primary N) is 1. The molecule has 2 atom stereocenters. The lowest BCUT2D eigenvalue weighted by molar-refractivity contribution is -0.143. The number of phenols is 1. The smallest absolute Gasteiger partial charge is 0.308 e. The van der Waals surface area contributed by atoms with Crippen LogP contribution in [0.1, 0.15) is 45.7 Å². The van der Waals surface area contributed by atoms with E-state index >= 15 is 0 Å². The summed E-state index contributed by atoms with van der Waals surface area (Å²) < 4.78 is 4.96. The van der Waals surface area contributed by atoms with Crippen molar-refractivity contribution in [2.45, 2.75) is 25.5 Å². The van der Waals surface area contributed by atoms with Gasteiger partial charge in [-0.1, -0.05) is 23.2 Å². The number of phenolic OH excluding ortho intramolecular Hbond substituents is 1. The summed E-state index contributed by atoms with van der Waals surface area (Å²) in [6.45, 7) is 1.63. The highest BCUT2D eigenvalue weighted by Crippen LogP contribution is 2.36. The number of aliphatic hydroxyl groups is 1. The van der Waals surface area contributed by atoms with E-state index in [4.69, 9.17) is 33.7 Å². The first kappa shape index (κ1) is 30.5. The van der Waals surface area contributed by atoms with Gasteiger partial charge in [-0.25, -0.2) is 0 Å². The molecule has 0 fully saturated rings. The Morgan fingerprint density at radius 2 is 1.90 bits per heavy atom. The summed E-state index contributed by atoms with van der Waals surface area (Å²) in [5.41, 5.74) is 5.86. The third kappa shape index (κ3) is 8.46. The first-order valence-electron chi connectivity index (χ1n) is 12.1. The Morgan fingerprint density at radius 1 is 1.18 bits per heavy atom. The van der Waals surface area contributed by atoms with E-state index in [1.54, 1.807) is 6.92 Å². The predicted octanol–water partition coefficient (Wildman–Crippen LogP) is 1.07. The molecule has 0 aliphatic carbocycles. The van der Waals surface area contributed by atoms with Crippen LogP contribution in [0.5, 0.6) is 5.75 Å². The van der Waals surface area contributed by atoms with Gasteiger partial charge in [0.2, 0.25) is 11.8 Å². The summed E-state index contributed by atoms with van der Waals surface area (Å²) in [5, 5.41) is 30.8. The number of carbonyl (C=O) groups is 4. The van der Waals surface area contributed by atoms with Gasteiger partial charge in [-0.3, -0.25) is 24.2 Å². The normalized spacial score (nSPS) is 15.2. The van der Waals surface area contributed by atoms with Crippen LogP contribution >= 0.6 is 23.2 Å². The molecule has 214 valence electrons. The Bertz CT molecular complexity index is 1340. The van der Waals surface area contributed by atoms with Crippen molar-refractivity contribution in [1.29, 1.82) is 0 Å². The zero-order valence-corrected chi connectivity index (χ0v) is 22.8. The molecule has 1 aliphatic rings. The van der Waals surface area contributed by atoms with Crippen LogP contribution in [0.15, 0.2) is 35.3 Å². The Morgan fingerprint density at radius 3 is 2.55 bits per heavy atom. The van der Waals surface area contributed by atoms with Crippen molar-refractivity contribution in [3.63, 3.8) is 0 Å². The molecule has 2 aromatic carbocycles. The van der Waals surface area contributed by atoms with Crippen molar-refractivity contribution in [1.82, 2.24) is 16.0 Å². The molecular formula is C25H28Cl2N6O7. The van der Waals surface area contributed by atoms with Gasteiger partial charge in [0.15, 0.2) is 5.96 Å². The number of aromatic hydroxyl groups is 1. The maximum Gasteiger partial charge on any atom is 0.308 e. The van der Waals surface area contributed by atoms with Crippen molar-refractivity contribution in [2.75, 3.05) is 31.6 Å². The molecule has 0 saturated carbocycles. The van der Waals surface area contributed by atoms with Gasteiger partial charge in [0, 0.05) is 33.9 Å². The summed E-state index contributed by atoms with van der Waals surface area (Å²) in [5.74, 6) is -2.89. The number of amides is 3. The maximum absolute atomic E-state index is 12.9. The van der Waals surface area contributed by atoms with Crippen LogP contribution in [-0.2, 0) is 14.3 Å². The first-order valence-corrected chi connectivity index (χ1v) is 12.8. The van der Waals surface area contributed by atoms with Crippen LogP contribution in [0.4, 0.5) is 5.69 Å². The van der Waals surface area contributed by atoms with Crippen LogP contribution in [0, 0.1) is 0 Å². The number of nitrogens with one attached hydrogen (secondary N) is 4. The number of nitrogens with zero attached hydrogens (tertiary/aromatic N) is 1. The number of benzene rings is 2. The molecule has 0 saturated heterocycles. The van der Waals surface area contributed by atoms with Crippen molar-refractivity contribution in [2.24, 2.45) is 10.7 Å². The van der Waals surface area contributed by atoms with Crippen LogP contribution in [0.2, 0.25) is 10.0 Å². The summed E-state index contributed by atoms with van der Waals surface area (Å²) in [6, 6.07) is 5.68. The minimum Gasteiger partial charge on any atom is -0.506 e. The number of hydrogen-bond donors (Lipinski definition) is 7. The van der Waals surface area contributed by atoms with Crippen molar-refractivity contribution >= 4 is 58.5 Å². The quantitative estimate of drug-likeness (QED) is 0.196. The third-order valence-electron chi connectivity index (χ3n) is 5.56. The molecule has 0 aromatic heterocycles. The molecule has 1 aliphatic heterocycles. The van der Waals surface area contributed by atoms with Crippen molar-refractivity contribution < 1.29 is 34.1 Å². The van der Waals surface area contributed by atoms with E-state index in [2.05, 4.69) is 26.3 Å². The second-order valence-electron chi connectivity index (χ2n) is 8.65. The topological polar surface area (TPSA) is 204 Å². The van der Waals surface area contributed by atoms with E-state index in [0.29, 0.717) is 11.6 Å². The molecule has 40 heavy (non-hydrogen) atoms. The fourth-order valence-electron chi connectivity index (χ4n) is 3.71. The van der Waals surface area contributed by atoms with Gasteiger partial charge in [-0.2, -0.15) is 0 Å². The van der Waals surface area contributed by atoms with Gasteiger partial charge in [0.05, 0.1) is 43.3 Å². The zero-order chi connectivity index (χ0) is 29.4. The number of ether oxygens (including phenoxy) is 1. The minimum atomic E-state index is -1.07. The number of aliphatic imine (C=N–C) groups is 1. The summed E-state index contributed by atoms with van der Waals surface area (Å²) in [6.07, 6.45) is -0.978. The van der Waals surface area contributed by atoms with E-state index in [0.717, 1.165) is 0 Å². The Labute approximate surface area is 239 Å². The molecular weight excluding hydrogens is 567 g/mol. The molecule has 1 unspecified atom stereocenters. The molecule has 3 rings (SSSR count). The van der Waals surface area contributed by atoms with E-state index in [1.165, 1.54) is 30.3 Å². The van der Waals surface area contributed by atoms with Crippen molar-refractivity contribution in [3.05, 3.63) is 57.1 Å². The number of guanidine groups is 1. The number of esters is 1. The van der Waals surface area contributed by atoms with Gasteiger partial charge in [0.1, 0.15) is 5.75 Å². The molecule has 0 radical (unpaired) electrons. The van der Waals surface area contributed by atoms with Gasteiger partial charge >= 0.3 is 5.97 Å². The molecule has 1 heterocycles. The minimum absolute atomic E-state index is 0.0189. The second kappa shape index (κ2) is 13.8. The molecule has 3 amide bonds. The average Bonchev–Trinajstić information content (AvgIpc) is 2.90. The number of anilines is 1. The maximum atomic E-state index is 12.9. The number of β-amino-alcohol motifs (C(OH)–C–C–N with tert-alkyl or cyclic N) is 1. The van der Waals surface area contributed by atoms with Gasteiger partial charge in [-0.15, -0.1) is 0 Å². The monoisotopic (exact) mass is 594 g/mol. The van der Waals surface area contributed by atoms with Gasteiger partial charge < -0.3 is 42.0 Å². The van der Waals surface area contributed by atoms with Crippen LogP contribution < -0.4 is 27.0 Å². The average molecular weight is 595 g/mol. The predicted molar refractivity (Wildman–Crippen MR) is 147 cm³/mol. The largest absolute Gasteiger partial charge is 0.506 e. The van der Waals surface area contributed by atoms with E-state index in [9.17, 15) is 29.4 Å². The molecule has 8 N–H and O–H groups in total. The lowest BCUT2D eigenvalue weighted by Crippen LogP contribution is -2.42. The van der Waals surface area contributed by atoms with Gasteiger partial charge in [-0.05, 0) is 37.3 Å². The fourth-order valence-corrected chi connectivity index (χ4v) is 4.22. The summed E-state index contributed by atoms with van der Waals surface area (Å²) in [7, 11) is 0.